The predicted octanol–water partition coefficient (Wildman–Crippen LogP) is 5.66. The van der Waals surface area contributed by atoms with Crippen molar-refractivity contribution in [3.05, 3.63) is 89.4 Å². The Morgan fingerprint density at radius 2 is 1.54 bits per heavy atom. The number of hydrogen-bond donors (Lipinski definition) is 1. The molecule has 0 fully saturated rings. The minimum Gasteiger partial charge on any atom is -0.492 e. The average molecular weight is 600 g/mol. The van der Waals surface area contributed by atoms with Gasteiger partial charge in [-0.25, -0.2) is 8.42 Å². The first-order valence-electron chi connectivity index (χ1n) is 13.5. The zero-order valence-corrected chi connectivity index (χ0v) is 25.7. The molecule has 220 valence electrons. The molecule has 41 heavy (non-hydrogen) atoms. The van der Waals surface area contributed by atoms with Crippen LogP contribution in [0.2, 0.25) is 5.02 Å². The van der Waals surface area contributed by atoms with E-state index in [-0.39, 0.29) is 23.0 Å². The number of nitrogens with one attached hydrogen (secondary N) is 1. The molecule has 10 heteroatoms. The zero-order valence-electron chi connectivity index (χ0n) is 24.1. The van der Waals surface area contributed by atoms with Crippen molar-refractivity contribution in [2.24, 2.45) is 0 Å². The minimum absolute atomic E-state index is 0.0148. The van der Waals surface area contributed by atoms with Crippen molar-refractivity contribution >= 4 is 39.1 Å². The Morgan fingerprint density at radius 3 is 2.15 bits per heavy atom. The minimum atomic E-state index is -4.21. The first kappa shape index (κ1) is 32.0. The van der Waals surface area contributed by atoms with Crippen LogP contribution in [-0.2, 0) is 26.2 Å². The number of rotatable bonds is 12. The van der Waals surface area contributed by atoms with Crippen LogP contribution in [0.5, 0.6) is 5.75 Å². The maximum absolute atomic E-state index is 14.2. The van der Waals surface area contributed by atoms with E-state index in [1.165, 1.54) is 17.0 Å². The van der Waals surface area contributed by atoms with Crippen molar-refractivity contribution in [1.29, 1.82) is 0 Å². The van der Waals surface area contributed by atoms with Crippen molar-refractivity contribution in [2.45, 2.75) is 64.1 Å². The van der Waals surface area contributed by atoms with E-state index in [1.807, 2.05) is 27.7 Å². The number of para-hydroxylation sites is 2. The molecule has 0 spiro atoms. The van der Waals surface area contributed by atoms with Crippen LogP contribution in [0.1, 0.15) is 46.6 Å². The molecule has 1 unspecified atom stereocenters. The van der Waals surface area contributed by atoms with Gasteiger partial charge in [0.25, 0.3) is 10.0 Å². The lowest BCUT2D eigenvalue weighted by atomic mass is 10.1. The number of benzene rings is 3. The fraction of sp³-hybridized carbons (Fsp3) is 0.355. The number of carbonyl (C=O) groups is 2. The van der Waals surface area contributed by atoms with E-state index >= 15 is 0 Å². The quantitative estimate of drug-likeness (QED) is 0.290. The highest BCUT2D eigenvalue weighted by Gasteiger charge is 2.35. The lowest BCUT2D eigenvalue weighted by Crippen LogP contribution is -2.55. The van der Waals surface area contributed by atoms with Gasteiger partial charge in [-0.1, -0.05) is 67.1 Å². The summed E-state index contributed by atoms with van der Waals surface area (Å²) in [6.07, 6.45) is 0.305. The zero-order chi connectivity index (χ0) is 30.2. The van der Waals surface area contributed by atoms with Gasteiger partial charge in [0, 0.05) is 17.1 Å². The van der Waals surface area contributed by atoms with E-state index in [1.54, 1.807) is 73.7 Å². The summed E-state index contributed by atoms with van der Waals surface area (Å²) in [5.41, 5.74) is 0.316. The van der Waals surface area contributed by atoms with Crippen molar-refractivity contribution in [3.8, 4) is 5.75 Å². The molecule has 3 aromatic carbocycles. The molecule has 0 aliphatic heterocycles. The molecule has 3 rings (SSSR count). The highest BCUT2D eigenvalue weighted by Crippen LogP contribution is 2.33. The van der Waals surface area contributed by atoms with E-state index in [4.69, 9.17) is 16.3 Å². The van der Waals surface area contributed by atoms with Gasteiger partial charge < -0.3 is 15.0 Å². The molecule has 3 aromatic rings. The number of ether oxygens (including phenoxy) is 1. The number of carbonyl (C=O) groups excluding carboxylic acids is 2. The first-order valence-corrected chi connectivity index (χ1v) is 15.3. The van der Waals surface area contributed by atoms with Crippen molar-refractivity contribution in [1.82, 2.24) is 10.2 Å². The van der Waals surface area contributed by atoms with Gasteiger partial charge in [-0.2, -0.15) is 0 Å². The second kappa shape index (κ2) is 13.9. The lowest BCUT2D eigenvalue weighted by molar-refractivity contribution is -0.141. The second-order valence-corrected chi connectivity index (χ2v) is 12.8. The maximum Gasteiger partial charge on any atom is 0.264 e. The Bertz CT molecular complexity index is 1440. The SMILES string of the molecule is CCOc1ccccc1N(CC(=O)N(Cc1ccccc1Cl)C(CC)C(=O)NC(C)(C)C)S(=O)(=O)c1ccccc1. The summed E-state index contributed by atoms with van der Waals surface area (Å²) in [6, 6.07) is 20.8. The molecule has 0 aliphatic rings. The first-order chi connectivity index (χ1) is 19.4. The second-order valence-electron chi connectivity index (χ2n) is 10.5. The molecular formula is C31H38ClN3O5S. The standard InChI is InChI=1S/C31H38ClN3O5S/c1-6-26(30(37)33-31(3,4)5)34(21-23-15-11-12-18-25(23)32)29(36)22-35(27-19-13-14-20-28(27)40-7-2)41(38,39)24-16-9-8-10-17-24/h8-20,26H,6-7,21-22H2,1-5H3,(H,33,37). The summed E-state index contributed by atoms with van der Waals surface area (Å²) in [6.45, 7) is 8.93. The van der Waals surface area contributed by atoms with E-state index in [0.717, 1.165) is 4.31 Å². The summed E-state index contributed by atoms with van der Waals surface area (Å²) in [4.78, 5) is 29.1. The maximum atomic E-state index is 14.2. The third kappa shape index (κ3) is 8.24. The summed E-state index contributed by atoms with van der Waals surface area (Å²) >= 11 is 6.46. The highest BCUT2D eigenvalue weighted by molar-refractivity contribution is 7.92. The molecule has 0 aliphatic carbocycles. The van der Waals surface area contributed by atoms with Crippen LogP contribution in [0.4, 0.5) is 5.69 Å². The van der Waals surface area contributed by atoms with Crippen LogP contribution in [0, 0.1) is 0 Å². The Balaban J connectivity index is 2.12. The molecule has 2 amide bonds. The number of amides is 2. The van der Waals surface area contributed by atoms with Crippen LogP contribution in [0.25, 0.3) is 0 Å². The van der Waals surface area contributed by atoms with Crippen molar-refractivity contribution in [3.63, 3.8) is 0 Å². The van der Waals surface area contributed by atoms with Crippen LogP contribution in [-0.4, -0.2) is 49.9 Å². The third-order valence-corrected chi connectivity index (χ3v) is 8.37. The largest absolute Gasteiger partial charge is 0.492 e. The molecular weight excluding hydrogens is 562 g/mol. The molecule has 0 radical (unpaired) electrons. The molecule has 1 atom stereocenters. The van der Waals surface area contributed by atoms with Gasteiger partial charge in [0.1, 0.15) is 18.3 Å². The number of nitrogens with zero attached hydrogens (tertiary/aromatic N) is 2. The van der Waals surface area contributed by atoms with Crippen LogP contribution in [0.3, 0.4) is 0 Å². The molecule has 0 bridgehead atoms. The molecule has 0 saturated carbocycles. The van der Waals surface area contributed by atoms with Crippen LogP contribution >= 0.6 is 11.6 Å². The van der Waals surface area contributed by atoms with E-state index in [9.17, 15) is 18.0 Å². The third-order valence-electron chi connectivity index (χ3n) is 6.23. The average Bonchev–Trinajstić information content (AvgIpc) is 2.92. The molecule has 0 aromatic heterocycles. The van der Waals surface area contributed by atoms with Gasteiger partial charge in [0.15, 0.2) is 0 Å². The Kier molecular flexibility index (Phi) is 10.8. The van der Waals surface area contributed by atoms with E-state index < -0.39 is 34.1 Å². The molecule has 8 nitrogen and oxygen atoms in total. The van der Waals surface area contributed by atoms with Crippen LogP contribution < -0.4 is 14.4 Å². The van der Waals surface area contributed by atoms with Gasteiger partial charge in [-0.05, 0) is 70.0 Å². The monoisotopic (exact) mass is 599 g/mol. The van der Waals surface area contributed by atoms with E-state index in [2.05, 4.69) is 5.32 Å². The van der Waals surface area contributed by atoms with Gasteiger partial charge in [0.05, 0.1) is 17.2 Å². The smallest absolute Gasteiger partial charge is 0.264 e. The fourth-order valence-electron chi connectivity index (χ4n) is 4.36. The summed E-state index contributed by atoms with van der Waals surface area (Å²) < 4.78 is 34.8. The van der Waals surface area contributed by atoms with Crippen molar-refractivity contribution < 1.29 is 22.7 Å². The van der Waals surface area contributed by atoms with Gasteiger partial charge in [-0.3, -0.25) is 13.9 Å². The normalized spacial score (nSPS) is 12.3. The number of anilines is 1. The van der Waals surface area contributed by atoms with E-state index in [0.29, 0.717) is 29.4 Å². The number of sulfonamides is 1. The van der Waals surface area contributed by atoms with Crippen molar-refractivity contribution in [2.75, 3.05) is 17.5 Å². The summed E-state index contributed by atoms with van der Waals surface area (Å²) in [5, 5.41) is 3.39. The predicted molar refractivity (Wildman–Crippen MR) is 163 cm³/mol. The fourth-order valence-corrected chi connectivity index (χ4v) is 6.00. The number of hydrogen-bond acceptors (Lipinski definition) is 5. The number of halogens is 1. The van der Waals surface area contributed by atoms with Crippen LogP contribution in [0.15, 0.2) is 83.8 Å². The lowest BCUT2D eigenvalue weighted by Gasteiger charge is -2.35. The molecule has 0 heterocycles. The highest BCUT2D eigenvalue weighted by atomic mass is 35.5. The molecule has 0 saturated heterocycles. The summed E-state index contributed by atoms with van der Waals surface area (Å²) in [5.74, 6) is -0.586. The van der Waals surface area contributed by atoms with Gasteiger partial charge >= 0.3 is 0 Å². The van der Waals surface area contributed by atoms with Gasteiger partial charge in [-0.15, -0.1) is 0 Å². The Hall–Kier alpha value is -3.56. The Labute approximate surface area is 248 Å². The molecule has 1 N–H and O–H groups in total. The topological polar surface area (TPSA) is 96.0 Å². The van der Waals surface area contributed by atoms with Gasteiger partial charge in [0.2, 0.25) is 11.8 Å². The summed E-state index contributed by atoms with van der Waals surface area (Å²) in [7, 11) is -4.21. The Morgan fingerprint density at radius 1 is 0.927 bits per heavy atom.